The molecule has 0 fully saturated rings. The summed E-state index contributed by atoms with van der Waals surface area (Å²) in [5, 5.41) is 9.94. The second-order valence-electron chi connectivity index (χ2n) is 3.23. The van der Waals surface area contributed by atoms with Crippen LogP contribution < -0.4 is 0 Å². The summed E-state index contributed by atoms with van der Waals surface area (Å²) in [6, 6.07) is 8.43. The molecule has 1 aromatic heterocycles. The van der Waals surface area contributed by atoms with Crippen molar-refractivity contribution in [3.05, 3.63) is 36.0 Å². The van der Waals surface area contributed by atoms with Gasteiger partial charge in [0.15, 0.2) is 0 Å². The van der Waals surface area contributed by atoms with Gasteiger partial charge in [0.1, 0.15) is 0 Å². The summed E-state index contributed by atoms with van der Waals surface area (Å²) in [6.07, 6.45) is 3.74. The lowest BCUT2D eigenvalue weighted by Crippen LogP contribution is -1.88. The highest BCUT2D eigenvalue weighted by Crippen LogP contribution is 2.15. The van der Waals surface area contributed by atoms with Crippen LogP contribution >= 0.6 is 0 Å². The summed E-state index contributed by atoms with van der Waals surface area (Å²) >= 11 is 0. The molecular weight excluding hydrogens is 162 g/mol. The number of aromatic nitrogens is 1. The van der Waals surface area contributed by atoms with Crippen LogP contribution in [0.2, 0.25) is 0 Å². The van der Waals surface area contributed by atoms with Crippen LogP contribution in [0.1, 0.15) is 12.0 Å². The van der Waals surface area contributed by atoms with Gasteiger partial charge in [0.05, 0.1) is 0 Å². The zero-order chi connectivity index (χ0) is 9.10. The molecule has 2 N–H and O–H groups in total. The molecule has 1 aromatic carbocycles. The highest BCUT2D eigenvalue weighted by atomic mass is 16.2. The Bertz CT molecular complexity index is 392. The maximum atomic E-state index is 8.69. The Morgan fingerprint density at radius 1 is 1.23 bits per heavy atom. The number of aryl methyl sites for hydroxylation is 1. The first-order chi connectivity index (χ1) is 6.40. The van der Waals surface area contributed by atoms with E-state index in [2.05, 4.69) is 29.2 Å². The molecule has 0 saturated carbocycles. The Morgan fingerprint density at radius 2 is 2.15 bits per heavy atom. The van der Waals surface area contributed by atoms with Gasteiger partial charge in [-0.2, -0.15) is 0 Å². The summed E-state index contributed by atoms with van der Waals surface area (Å²) in [7, 11) is 0. The number of hydrogen-bond acceptors (Lipinski definition) is 1. The van der Waals surface area contributed by atoms with Gasteiger partial charge in [-0.05, 0) is 42.0 Å². The van der Waals surface area contributed by atoms with Crippen molar-refractivity contribution in [1.29, 1.82) is 0 Å². The van der Waals surface area contributed by atoms with Crippen LogP contribution in [0.25, 0.3) is 10.9 Å². The maximum Gasteiger partial charge on any atom is 0.0454 e. The number of nitrogens with one attached hydrogen (secondary N) is 1. The van der Waals surface area contributed by atoms with E-state index in [0.29, 0.717) is 0 Å². The third-order valence-corrected chi connectivity index (χ3v) is 2.24. The van der Waals surface area contributed by atoms with Gasteiger partial charge in [0.25, 0.3) is 0 Å². The molecule has 0 aliphatic carbocycles. The predicted molar refractivity (Wildman–Crippen MR) is 53.7 cm³/mol. The molecule has 0 aliphatic heterocycles. The van der Waals surface area contributed by atoms with Crippen molar-refractivity contribution < 1.29 is 5.11 Å². The first kappa shape index (κ1) is 8.32. The van der Waals surface area contributed by atoms with E-state index in [-0.39, 0.29) is 6.61 Å². The van der Waals surface area contributed by atoms with Crippen LogP contribution in [0.5, 0.6) is 0 Å². The normalized spacial score (nSPS) is 10.8. The van der Waals surface area contributed by atoms with E-state index in [1.54, 1.807) is 0 Å². The number of fused-ring (bicyclic) bond motifs is 1. The smallest absolute Gasteiger partial charge is 0.0454 e. The Hall–Kier alpha value is -1.28. The topological polar surface area (TPSA) is 36.0 Å². The fourth-order valence-electron chi connectivity index (χ4n) is 1.54. The van der Waals surface area contributed by atoms with Crippen LogP contribution in [0.3, 0.4) is 0 Å². The van der Waals surface area contributed by atoms with Gasteiger partial charge < -0.3 is 10.1 Å². The zero-order valence-electron chi connectivity index (χ0n) is 7.46. The minimum Gasteiger partial charge on any atom is -0.396 e. The van der Waals surface area contributed by atoms with E-state index in [1.165, 1.54) is 16.5 Å². The molecule has 13 heavy (non-hydrogen) atoms. The number of aliphatic hydroxyl groups excluding tert-OH is 1. The molecule has 0 unspecified atom stereocenters. The van der Waals surface area contributed by atoms with Crippen molar-refractivity contribution in [2.24, 2.45) is 0 Å². The predicted octanol–water partition coefficient (Wildman–Crippen LogP) is 2.09. The molecule has 0 saturated heterocycles. The van der Waals surface area contributed by atoms with Crippen molar-refractivity contribution in [3.8, 4) is 0 Å². The molecule has 1 heterocycles. The number of benzene rings is 1. The minimum absolute atomic E-state index is 0.269. The van der Waals surface area contributed by atoms with Crippen LogP contribution in [0.4, 0.5) is 0 Å². The van der Waals surface area contributed by atoms with Crippen molar-refractivity contribution in [1.82, 2.24) is 4.98 Å². The SMILES string of the molecule is OCCCc1ccc2[nH]ccc2c1. The molecule has 0 amide bonds. The summed E-state index contributed by atoms with van der Waals surface area (Å²) in [5.41, 5.74) is 2.47. The van der Waals surface area contributed by atoms with Gasteiger partial charge in [0.2, 0.25) is 0 Å². The van der Waals surface area contributed by atoms with Gasteiger partial charge in [-0.25, -0.2) is 0 Å². The third kappa shape index (κ3) is 1.73. The standard InChI is InChI=1S/C11H13NO/c13-7-1-2-9-3-4-11-10(8-9)5-6-12-11/h3-6,8,12-13H,1-2,7H2. The molecule has 0 spiro atoms. The molecular formula is C11H13NO. The Labute approximate surface area is 77.2 Å². The van der Waals surface area contributed by atoms with Gasteiger partial charge in [-0.15, -0.1) is 0 Å². The lowest BCUT2D eigenvalue weighted by Gasteiger charge is -1.99. The van der Waals surface area contributed by atoms with Crippen molar-refractivity contribution >= 4 is 10.9 Å². The van der Waals surface area contributed by atoms with E-state index in [0.717, 1.165) is 12.8 Å². The summed E-state index contributed by atoms with van der Waals surface area (Å²) in [5.74, 6) is 0. The molecule has 2 nitrogen and oxygen atoms in total. The van der Waals surface area contributed by atoms with Crippen LogP contribution in [0, 0.1) is 0 Å². The number of rotatable bonds is 3. The molecule has 0 bridgehead atoms. The number of aromatic amines is 1. The fourth-order valence-corrected chi connectivity index (χ4v) is 1.54. The number of aliphatic hydroxyl groups is 1. The minimum atomic E-state index is 0.269. The molecule has 2 rings (SSSR count). The van der Waals surface area contributed by atoms with Crippen LogP contribution in [-0.4, -0.2) is 16.7 Å². The summed E-state index contributed by atoms with van der Waals surface area (Å²) in [6.45, 7) is 0.269. The number of H-pyrrole nitrogens is 1. The lowest BCUT2D eigenvalue weighted by atomic mass is 10.1. The molecule has 2 heteroatoms. The summed E-state index contributed by atoms with van der Waals surface area (Å²) < 4.78 is 0. The summed E-state index contributed by atoms with van der Waals surface area (Å²) in [4.78, 5) is 3.15. The maximum absolute atomic E-state index is 8.69. The van der Waals surface area contributed by atoms with E-state index >= 15 is 0 Å². The van der Waals surface area contributed by atoms with Crippen LogP contribution in [0.15, 0.2) is 30.5 Å². The van der Waals surface area contributed by atoms with Crippen LogP contribution in [-0.2, 0) is 6.42 Å². The first-order valence-corrected chi connectivity index (χ1v) is 4.57. The fraction of sp³-hybridized carbons (Fsp3) is 0.273. The van der Waals surface area contributed by atoms with E-state index in [9.17, 15) is 0 Å². The number of hydrogen-bond donors (Lipinski definition) is 2. The molecule has 0 radical (unpaired) electrons. The van der Waals surface area contributed by atoms with E-state index in [4.69, 9.17) is 5.11 Å². The Balaban J connectivity index is 2.26. The zero-order valence-corrected chi connectivity index (χ0v) is 7.46. The van der Waals surface area contributed by atoms with E-state index in [1.807, 2.05) is 6.20 Å². The molecule has 2 aromatic rings. The Morgan fingerprint density at radius 3 is 3.00 bits per heavy atom. The molecule has 0 aliphatic rings. The highest BCUT2D eigenvalue weighted by molar-refractivity contribution is 5.79. The Kier molecular flexibility index (Phi) is 2.32. The quantitative estimate of drug-likeness (QED) is 0.736. The molecule has 68 valence electrons. The average Bonchev–Trinajstić information content (AvgIpc) is 2.61. The van der Waals surface area contributed by atoms with E-state index < -0.39 is 0 Å². The van der Waals surface area contributed by atoms with Crippen molar-refractivity contribution in [2.75, 3.05) is 6.61 Å². The first-order valence-electron chi connectivity index (χ1n) is 4.57. The third-order valence-electron chi connectivity index (χ3n) is 2.24. The van der Waals surface area contributed by atoms with Gasteiger partial charge in [0, 0.05) is 18.3 Å². The van der Waals surface area contributed by atoms with Gasteiger partial charge >= 0.3 is 0 Å². The monoisotopic (exact) mass is 175 g/mol. The van der Waals surface area contributed by atoms with Gasteiger partial charge in [-0.1, -0.05) is 6.07 Å². The van der Waals surface area contributed by atoms with Crippen molar-refractivity contribution in [3.63, 3.8) is 0 Å². The second kappa shape index (κ2) is 3.62. The highest BCUT2D eigenvalue weighted by Gasteiger charge is 1.96. The van der Waals surface area contributed by atoms with Gasteiger partial charge in [-0.3, -0.25) is 0 Å². The largest absolute Gasteiger partial charge is 0.396 e. The lowest BCUT2D eigenvalue weighted by molar-refractivity contribution is 0.288. The molecule has 0 atom stereocenters. The average molecular weight is 175 g/mol. The van der Waals surface area contributed by atoms with Crippen molar-refractivity contribution in [2.45, 2.75) is 12.8 Å². The second-order valence-corrected chi connectivity index (χ2v) is 3.23.